The van der Waals surface area contributed by atoms with Gasteiger partial charge in [0, 0.05) is 6.04 Å². The van der Waals surface area contributed by atoms with E-state index in [1.807, 2.05) is 30.3 Å². The molecule has 2 heteroatoms. The number of para-hydroxylation sites is 1. The molecule has 0 bridgehead atoms. The quantitative estimate of drug-likeness (QED) is 0.749. The predicted molar refractivity (Wildman–Crippen MR) is 80.6 cm³/mol. The fourth-order valence-corrected chi connectivity index (χ4v) is 3.22. The Bertz CT molecular complexity index is 365. The smallest absolute Gasteiger partial charge is 0.119 e. The van der Waals surface area contributed by atoms with E-state index in [9.17, 15) is 0 Å². The molecule has 0 radical (unpaired) electrons. The van der Waals surface area contributed by atoms with Crippen LogP contribution in [0.25, 0.3) is 0 Å². The van der Waals surface area contributed by atoms with E-state index in [1.165, 1.54) is 25.7 Å². The van der Waals surface area contributed by atoms with Gasteiger partial charge >= 0.3 is 0 Å². The van der Waals surface area contributed by atoms with E-state index in [2.05, 4.69) is 19.2 Å². The Morgan fingerprint density at radius 2 is 2.11 bits per heavy atom. The van der Waals surface area contributed by atoms with Crippen molar-refractivity contribution in [2.75, 3.05) is 13.2 Å². The Balaban J connectivity index is 1.66. The zero-order valence-electron chi connectivity index (χ0n) is 12.3. The third-order valence-corrected chi connectivity index (χ3v) is 4.26. The van der Waals surface area contributed by atoms with Gasteiger partial charge in [0.15, 0.2) is 0 Å². The first-order chi connectivity index (χ1) is 9.22. The van der Waals surface area contributed by atoms with E-state index < -0.39 is 0 Å². The molecule has 2 atom stereocenters. The fraction of sp³-hybridized carbons (Fsp3) is 0.647. The normalized spacial score (nSPS) is 26.5. The van der Waals surface area contributed by atoms with Crippen LogP contribution in [0.2, 0.25) is 0 Å². The summed E-state index contributed by atoms with van der Waals surface area (Å²) in [6.07, 6.45) is 6.46. The highest BCUT2D eigenvalue weighted by Crippen LogP contribution is 2.41. The van der Waals surface area contributed by atoms with Crippen LogP contribution in [0, 0.1) is 5.41 Å². The van der Waals surface area contributed by atoms with Crippen LogP contribution in [-0.2, 0) is 0 Å². The summed E-state index contributed by atoms with van der Waals surface area (Å²) in [5.74, 6) is 0.990. The number of benzene rings is 1. The van der Waals surface area contributed by atoms with Gasteiger partial charge in [0.2, 0.25) is 0 Å². The van der Waals surface area contributed by atoms with Crippen LogP contribution >= 0.6 is 0 Å². The van der Waals surface area contributed by atoms with Crippen LogP contribution in [0.15, 0.2) is 30.3 Å². The first kappa shape index (κ1) is 14.4. The van der Waals surface area contributed by atoms with Crippen LogP contribution in [0.4, 0.5) is 0 Å². The third-order valence-electron chi connectivity index (χ3n) is 4.26. The highest BCUT2D eigenvalue weighted by molar-refractivity contribution is 5.20. The molecule has 0 amide bonds. The summed E-state index contributed by atoms with van der Waals surface area (Å²) in [5.41, 5.74) is 0.521. The Morgan fingerprint density at radius 3 is 2.84 bits per heavy atom. The van der Waals surface area contributed by atoms with Crippen LogP contribution in [0.3, 0.4) is 0 Å². The molecular formula is C17H27NO. The number of hydrogen-bond donors (Lipinski definition) is 1. The van der Waals surface area contributed by atoms with Crippen molar-refractivity contribution >= 4 is 0 Å². The molecule has 1 saturated carbocycles. The molecule has 106 valence electrons. The molecule has 0 aliphatic heterocycles. The van der Waals surface area contributed by atoms with E-state index >= 15 is 0 Å². The summed E-state index contributed by atoms with van der Waals surface area (Å²) in [7, 11) is 0. The molecule has 0 spiro atoms. The van der Waals surface area contributed by atoms with Crippen LogP contribution in [0.5, 0.6) is 5.75 Å². The van der Waals surface area contributed by atoms with Crippen molar-refractivity contribution in [2.45, 2.75) is 52.0 Å². The fourth-order valence-electron chi connectivity index (χ4n) is 3.22. The number of hydrogen-bond acceptors (Lipinski definition) is 2. The minimum Gasteiger partial charge on any atom is -0.494 e. The van der Waals surface area contributed by atoms with Gasteiger partial charge in [-0.05, 0) is 56.2 Å². The maximum absolute atomic E-state index is 5.77. The van der Waals surface area contributed by atoms with E-state index in [-0.39, 0.29) is 0 Å². The van der Waals surface area contributed by atoms with Crippen molar-refractivity contribution in [3.63, 3.8) is 0 Å². The molecule has 2 unspecified atom stereocenters. The Kier molecular flexibility index (Phi) is 5.26. The summed E-state index contributed by atoms with van der Waals surface area (Å²) in [4.78, 5) is 0. The summed E-state index contributed by atoms with van der Waals surface area (Å²) >= 11 is 0. The summed E-state index contributed by atoms with van der Waals surface area (Å²) in [6, 6.07) is 10.9. The lowest BCUT2D eigenvalue weighted by Crippen LogP contribution is -2.27. The first-order valence-corrected chi connectivity index (χ1v) is 7.63. The lowest BCUT2D eigenvalue weighted by atomic mass is 9.84. The second kappa shape index (κ2) is 6.95. The molecule has 1 fully saturated rings. The monoisotopic (exact) mass is 261 g/mol. The Labute approximate surface area is 117 Å². The highest BCUT2D eigenvalue weighted by atomic mass is 16.5. The van der Waals surface area contributed by atoms with Gasteiger partial charge in [-0.25, -0.2) is 0 Å². The predicted octanol–water partition coefficient (Wildman–Crippen LogP) is 4.01. The molecule has 1 aromatic rings. The average Bonchev–Trinajstić information content (AvgIpc) is 2.79. The van der Waals surface area contributed by atoms with Crippen LogP contribution in [-0.4, -0.2) is 19.2 Å². The number of ether oxygens (including phenoxy) is 1. The number of nitrogens with one attached hydrogen (secondary N) is 1. The molecular weight excluding hydrogens is 234 g/mol. The summed E-state index contributed by atoms with van der Waals surface area (Å²) in [6.45, 7) is 6.57. The van der Waals surface area contributed by atoms with E-state index in [1.54, 1.807) is 0 Å². The minimum absolute atomic E-state index is 0.521. The topological polar surface area (TPSA) is 21.3 Å². The second-order valence-corrected chi connectivity index (χ2v) is 6.07. The molecule has 19 heavy (non-hydrogen) atoms. The molecule has 0 saturated heterocycles. The number of rotatable bonds is 7. The van der Waals surface area contributed by atoms with Crippen molar-refractivity contribution in [1.29, 1.82) is 0 Å². The standard InChI is InChI=1S/C17H27NO/c1-3-18-15-10-12-17(2,14-15)11-7-13-19-16-8-5-4-6-9-16/h4-6,8-9,15,18H,3,7,10-14H2,1-2H3. The second-order valence-electron chi connectivity index (χ2n) is 6.07. The van der Waals surface area contributed by atoms with Crippen molar-refractivity contribution in [3.8, 4) is 5.75 Å². The molecule has 1 aliphatic carbocycles. The highest BCUT2D eigenvalue weighted by Gasteiger charge is 2.33. The summed E-state index contributed by atoms with van der Waals surface area (Å²) in [5, 5.41) is 3.58. The van der Waals surface area contributed by atoms with Gasteiger partial charge in [-0.3, -0.25) is 0 Å². The molecule has 1 aliphatic rings. The van der Waals surface area contributed by atoms with Crippen molar-refractivity contribution < 1.29 is 4.74 Å². The van der Waals surface area contributed by atoms with Gasteiger partial charge in [0.25, 0.3) is 0 Å². The maximum Gasteiger partial charge on any atom is 0.119 e. The van der Waals surface area contributed by atoms with Gasteiger partial charge in [0.05, 0.1) is 6.61 Å². The minimum atomic E-state index is 0.521. The largest absolute Gasteiger partial charge is 0.494 e. The SMILES string of the molecule is CCNC1CCC(C)(CCCOc2ccccc2)C1. The van der Waals surface area contributed by atoms with Gasteiger partial charge in [-0.2, -0.15) is 0 Å². The molecule has 2 rings (SSSR count). The first-order valence-electron chi connectivity index (χ1n) is 7.63. The van der Waals surface area contributed by atoms with Crippen molar-refractivity contribution in [2.24, 2.45) is 5.41 Å². The zero-order valence-corrected chi connectivity index (χ0v) is 12.3. The van der Waals surface area contributed by atoms with Crippen molar-refractivity contribution in [1.82, 2.24) is 5.32 Å². The van der Waals surface area contributed by atoms with E-state index in [0.717, 1.165) is 31.4 Å². The molecule has 0 heterocycles. The van der Waals surface area contributed by atoms with Gasteiger partial charge < -0.3 is 10.1 Å². The van der Waals surface area contributed by atoms with Crippen LogP contribution in [0.1, 0.15) is 46.0 Å². The lowest BCUT2D eigenvalue weighted by molar-refractivity contribution is 0.241. The maximum atomic E-state index is 5.77. The van der Waals surface area contributed by atoms with E-state index in [4.69, 9.17) is 4.74 Å². The molecule has 1 N–H and O–H groups in total. The van der Waals surface area contributed by atoms with Gasteiger partial charge in [-0.15, -0.1) is 0 Å². The average molecular weight is 261 g/mol. The molecule has 0 aromatic heterocycles. The lowest BCUT2D eigenvalue weighted by Gasteiger charge is -2.24. The zero-order chi connectivity index (χ0) is 13.6. The molecule has 2 nitrogen and oxygen atoms in total. The Morgan fingerprint density at radius 1 is 1.32 bits per heavy atom. The Hall–Kier alpha value is -1.02. The van der Waals surface area contributed by atoms with Crippen LogP contribution < -0.4 is 10.1 Å². The van der Waals surface area contributed by atoms with Crippen molar-refractivity contribution in [3.05, 3.63) is 30.3 Å². The third kappa shape index (κ3) is 4.54. The van der Waals surface area contributed by atoms with E-state index in [0.29, 0.717) is 5.41 Å². The molecule has 1 aromatic carbocycles. The summed E-state index contributed by atoms with van der Waals surface area (Å²) < 4.78 is 5.77. The van der Waals surface area contributed by atoms with Gasteiger partial charge in [0.1, 0.15) is 5.75 Å². The van der Waals surface area contributed by atoms with Gasteiger partial charge in [-0.1, -0.05) is 32.0 Å².